The molecule has 1 aliphatic rings. The van der Waals surface area contributed by atoms with Crippen LogP contribution < -0.4 is 0 Å². The lowest BCUT2D eigenvalue weighted by molar-refractivity contribution is 0.673. The first kappa shape index (κ1) is 24.2. The van der Waals surface area contributed by atoms with Gasteiger partial charge in [-0.25, -0.2) is 9.97 Å². The molecule has 0 bridgehead atoms. The monoisotopic (exact) mass is 553 g/mol. The van der Waals surface area contributed by atoms with E-state index in [0.29, 0.717) is 5.95 Å². The van der Waals surface area contributed by atoms with Crippen LogP contribution in [-0.2, 0) is 0 Å². The summed E-state index contributed by atoms with van der Waals surface area (Å²) in [6.07, 6.45) is 9.61. The van der Waals surface area contributed by atoms with Crippen molar-refractivity contribution in [2.45, 2.75) is 19.3 Å². The van der Waals surface area contributed by atoms with Gasteiger partial charge in [-0.05, 0) is 24.6 Å². The van der Waals surface area contributed by atoms with E-state index in [1.54, 1.807) is 0 Å². The van der Waals surface area contributed by atoms with Gasteiger partial charge >= 0.3 is 0 Å². The second-order valence-electron chi connectivity index (χ2n) is 11.2. The molecule has 204 valence electrons. The number of furan rings is 1. The summed E-state index contributed by atoms with van der Waals surface area (Å²) in [5.41, 5.74) is 8.19. The van der Waals surface area contributed by atoms with Crippen molar-refractivity contribution in [3.63, 3.8) is 0 Å². The third-order valence-corrected chi connectivity index (χ3v) is 8.88. The fourth-order valence-corrected chi connectivity index (χ4v) is 6.99. The predicted octanol–water partition coefficient (Wildman–Crippen LogP) is 10.4. The molecule has 0 aliphatic heterocycles. The first-order valence-electron chi connectivity index (χ1n) is 14.9. The van der Waals surface area contributed by atoms with E-state index < -0.39 is 0 Å². The minimum absolute atomic E-state index is 0.227. The number of allylic oxidation sites excluding steroid dienone is 3. The van der Waals surface area contributed by atoms with Crippen molar-refractivity contribution < 1.29 is 4.42 Å². The number of para-hydroxylation sites is 2. The third kappa shape index (κ3) is 3.44. The third-order valence-electron chi connectivity index (χ3n) is 8.88. The normalized spacial score (nSPS) is 14.8. The maximum atomic E-state index is 6.57. The average molecular weight is 554 g/mol. The largest absolute Gasteiger partial charge is 0.455 e. The summed E-state index contributed by atoms with van der Waals surface area (Å²) in [4.78, 5) is 10.8. The highest BCUT2D eigenvalue weighted by atomic mass is 16.3. The standard InChI is InChI=1S/C39H27N3O/c1-2-24-14-6-11-21-30-33(24)36(25-15-4-3-5-16-25)41-39(40-30)42-31-22-12-9-19-28(31)34-35-29-20-10-13-23-32(29)43-38(35)27-18-8-7-17-26(27)37(34)42/h3-24H,2H2,1H3. The van der Waals surface area contributed by atoms with Crippen LogP contribution in [0.4, 0.5) is 0 Å². The highest BCUT2D eigenvalue weighted by molar-refractivity contribution is 6.35. The van der Waals surface area contributed by atoms with Crippen molar-refractivity contribution in [3.05, 3.63) is 133 Å². The van der Waals surface area contributed by atoms with E-state index in [9.17, 15) is 0 Å². The van der Waals surface area contributed by atoms with Crippen LogP contribution in [0.1, 0.15) is 30.5 Å². The Labute approximate surface area is 248 Å². The van der Waals surface area contributed by atoms with E-state index in [-0.39, 0.29) is 5.92 Å². The lowest BCUT2D eigenvalue weighted by atomic mass is 9.91. The Bertz CT molecular complexity index is 2440. The SMILES string of the molecule is CCC1C=CC=Cc2nc(-n3c4ccccc4c4c5c6ccccc6oc5c5ccccc5c43)nc(-c3ccccc3)c21. The Morgan fingerprint density at radius 1 is 0.698 bits per heavy atom. The van der Waals surface area contributed by atoms with Gasteiger partial charge < -0.3 is 4.42 Å². The molecule has 0 fully saturated rings. The second-order valence-corrected chi connectivity index (χ2v) is 11.2. The van der Waals surface area contributed by atoms with E-state index in [4.69, 9.17) is 14.4 Å². The molecule has 4 heteroatoms. The van der Waals surface area contributed by atoms with Crippen molar-refractivity contribution in [2.75, 3.05) is 0 Å². The molecule has 1 atom stereocenters. The summed E-state index contributed by atoms with van der Waals surface area (Å²) < 4.78 is 8.84. The molecular weight excluding hydrogens is 526 g/mol. The van der Waals surface area contributed by atoms with Crippen molar-refractivity contribution in [1.82, 2.24) is 14.5 Å². The molecule has 0 radical (unpaired) electrons. The summed E-state index contributed by atoms with van der Waals surface area (Å²) in [6, 6.07) is 36.0. The van der Waals surface area contributed by atoms with Gasteiger partial charge in [0.15, 0.2) is 0 Å². The number of nitrogens with zero attached hydrogens (tertiary/aromatic N) is 3. The Balaban J connectivity index is 1.50. The van der Waals surface area contributed by atoms with Gasteiger partial charge in [-0.2, -0.15) is 0 Å². The van der Waals surface area contributed by atoms with Crippen LogP contribution in [0, 0.1) is 0 Å². The molecule has 5 aromatic carbocycles. The molecule has 0 spiro atoms. The van der Waals surface area contributed by atoms with Crippen LogP contribution in [-0.4, -0.2) is 14.5 Å². The van der Waals surface area contributed by atoms with Gasteiger partial charge in [0.25, 0.3) is 0 Å². The van der Waals surface area contributed by atoms with Gasteiger partial charge in [-0.1, -0.05) is 116 Å². The zero-order chi connectivity index (χ0) is 28.5. The van der Waals surface area contributed by atoms with Gasteiger partial charge in [0, 0.05) is 49.4 Å². The molecule has 3 aromatic heterocycles. The summed E-state index contributed by atoms with van der Waals surface area (Å²) in [5.74, 6) is 0.896. The fourth-order valence-electron chi connectivity index (χ4n) is 6.99. The zero-order valence-corrected chi connectivity index (χ0v) is 23.7. The zero-order valence-electron chi connectivity index (χ0n) is 23.7. The predicted molar refractivity (Wildman–Crippen MR) is 178 cm³/mol. The summed E-state index contributed by atoms with van der Waals surface area (Å²) in [5, 5.41) is 6.76. The molecule has 8 aromatic rings. The Morgan fingerprint density at radius 3 is 2.26 bits per heavy atom. The molecule has 4 nitrogen and oxygen atoms in total. The van der Waals surface area contributed by atoms with Crippen LogP contribution in [0.15, 0.2) is 126 Å². The first-order valence-corrected chi connectivity index (χ1v) is 14.9. The van der Waals surface area contributed by atoms with E-state index in [0.717, 1.165) is 77.9 Å². The quantitative estimate of drug-likeness (QED) is 0.219. The van der Waals surface area contributed by atoms with Crippen LogP contribution >= 0.6 is 0 Å². The minimum Gasteiger partial charge on any atom is -0.455 e. The molecule has 3 heterocycles. The summed E-state index contributed by atoms with van der Waals surface area (Å²) in [6.45, 7) is 2.23. The first-order chi connectivity index (χ1) is 21.3. The number of benzene rings is 5. The fraction of sp³-hybridized carbons (Fsp3) is 0.0769. The topological polar surface area (TPSA) is 43.9 Å². The smallest absolute Gasteiger partial charge is 0.235 e. The lowest BCUT2D eigenvalue weighted by Gasteiger charge is -2.19. The number of aromatic nitrogens is 3. The highest BCUT2D eigenvalue weighted by Gasteiger charge is 2.26. The molecular formula is C39H27N3O. The molecule has 0 N–H and O–H groups in total. The average Bonchev–Trinajstić information content (AvgIpc) is 3.54. The number of hydrogen-bond acceptors (Lipinski definition) is 3. The van der Waals surface area contributed by atoms with Gasteiger partial charge in [-0.3, -0.25) is 4.57 Å². The van der Waals surface area contributed by atoms with Crippen LogP contribution in [0.5, 0.6) is 0 Å². The number of hydrogen-bond donors (Lipinski definition) is 0. The van der Waals surface area contributed by atoms with Crippen molar-refractivity contribution in [3.8, 4) is 17.2 Å². The van der Waals surface area contributed by atoms with Crippen LogP contribution in [0.3, 0.4) is 0 Å². The Hall–Kier alpha value is -5.48. The van der Waals surface area contributed by atoms with Crippen LogP contribution in [0.2, 0.25) is 0 Å². The number of rotatable bonds is 3. The Morgan fingerprint density at radius 2 is 1.42 bits per heavy atom. The van der Waals surface area contributed by atoms with Crippen molar-refractivity contribution >= 4 is 60.6 Å². The maximum Gasteiger partial charge on any atom is 0.235 e. The van der Waals surface area contributed by atoms with Gasteiger partial charge in [-0.15, -0.1) is 0 Å². The van der Waals surface area contributed by atoms with Gasteiger partial charge in [0.2, 0.25) is 5.95 Å². The van der Waals surface area contributed by atoms with E-state index in [1.165, 1.54) is 5.56 Å². The summed E-state index contributed by atoms with van der Waals surface area (Å²) in [7, 11) is 0. The molecule has 43 heavy (non-hydrogen) atoms. The van der Waals surface area contributed by atoms with Crippen LogP contribution in [0.25, 0.3) is 77.8 Å². The molecule has 0 saturated heterocycles. The number of fused-ring (bicyclic) bond motifs is 11. The Kier molecular flexibility index (Phi) is 5.20. The van der Waals surface area contributed by atoms with E-state index >= 15 is 0 Å². The highest BCUT2D eigenvalue weighted by Crippen LogP contribution is 2.46. The molecule has 9 rings (SSSR count). The van der Waals surface area contributed by atoms with Crippen molar-refractivity contribution in [2.24, 2.45) is 0 Å². The minimum atomic E-state index is 0.227. The lowest BCUT2D eigenvalue weighted by Crippen LogP contribution is -2.10. The maximum absolute atomic E-state index is 6.57. The molecule has 1 aliphatic carbocycles. The van der Waals surface area contributed by atoms with E-state index in [2.05, 4.69) is 133 Å². The van der Waals surface area contributed by atoms with Crippen molar-refractivity contribution in [1.29, 1.82) is 0 Å². The van der Waals surface area contributed by atoms with Gasteiger partial charge in [0.1, 0.15) is 11.2 Å². The molecule has 0 saturated carbocycles. The van der Waals surface area contributed by atoms with Gasteiger partial charge in [0.05, 0.1) is 22.4 Å². The molecule has 0 amide bonds. The second kappa shape index (κ2) is 9.27. The molecule has 1 unspecified atom stereocenters. The summed E-state index contributed by atoms with van der Waals surface area (Å²) >= 11 is 0. The van der Waals surface area contributed by atoms with E-state index in [1.807, 2.05) is 6.07 Å².